The molecule has 4 rings (SSSR count). The van der Waals surface area contributed by atoms with Crippen molar-refractivity contribution in [1.29, 1.82) is 0 Å². The molecule has 0 N–H and O–H groups in total. The molecule has 0 saturated heterocycles. The molecule has 0 bridgehead atoms. The van der Waals surface area contributed by atoms with Crippen LogP contribution in [0.3, 0.4) is 0 Å². The van der Waals surface area contributed by atoms with Crippen molar-refractivity contribution in [2.24, 2.45) is 4.99 Å². The first-order valence-corrected chi connectivity index (χ1v) is 7.37. The summed E-state index contributed by atoms with van der Waals surface area (Å²) in [5.74, 6) is 0.543. The molecule has 0 spiro atoms. The summed E-state index contributed by atoms with van der Waals surface area (Å²) in [7, 11) is 0. The van der Waals surface area contributed by atoms with Gasteiger partial charge in [0.05, 0.1) is 0 Å². The second-order valence-corrected chi connectivity index (χ2v) is 5.25. The molecule has 2 aromatic rings. The molecule has 0 atom stereocenters. The molecule has 24 heavy (non-hydrogen) atoms. The lowest BCUT2D eigenvalue weighted by Gasteiger charge is -2.18. The van der Waals surface area contributed by atoms with Gasteiger partial charge in [-0.25, -0.2) is 14.2 Å². The monoisotopic (exact) mass is 325 g/mol. The number of hydrogen-bond donors (Lipinski definition) is 0. The summed E-state index contributed by atoms with van der Waals surface area (Å²) in [4.78, 5) is 16.2. The van der Waals surface area contributed by atoms with Crippen LogP contribution in [-0.4, -0.2) is 25.1 Å². The number of rotatable bonds is 2. The van der Waals surface area contributed by atoms with Crippen LogP contribution in [0.2, 0.25) is 0 Å². The van der Waals surface area contributed by atoms with E-state index in [2.05, 4.69) is 4.99 Å². The predicted octanol–water partition coefficient (Wildman–Crippen LogP) is 2.94. The van der Waals surface area contributed by atoms with Gasteiger partial charge in [0.15, 0.2) is 17.2 Å². The van der Waals surface area contributed by atoms with Crippen LogP contribution in [0.5, 0.6) is 11.5 Å². The van der Waals surface area contributed by atoms with E-state index in [0.717, 1.165) is 5.56 Å². The van der Waals surface area contributed by atoms with Gasteiger partial charge in [-0.05, 0) is 48.0 Å². The number of hydrogen-bond acceptors (Lipinski definition) is 5. The molecule has 6 heteroatoms. The van der Waals surface area contributed by atoms with E-state index in [-0.39, 0.29) is 17.4 Å². The number of fused-ring (bicyclic) bond motifs is 1. The van der Waals surface area contributed by atoms with Gasteiger partial charge in [0.2, 0.25) is 5.90 Å². The minimum absolute atomic E-state index is 0.156. The largest absolute Gasteiger partial charge is 0.486 e. The van der Waals surface area contributed by atoms with Gasteiger partial charge < -0.3 is 14.2 Å². The quantitative estimate of drug-likeness (QED) is 0.629. The zero-order valence-corrected chi connectivity index (χ0v) is 12.5. The normalized spacial score (nSPS) is 17.6. The Morgan fingerprint density at radius 3 is 2.54 bits per heavy atom. The maximum absolute atomic E-state index is 13.0. The lowest BCUT2D eigenvalue weighted by Crippen LogP contribution is -2.15. The second-order valence-electron chi connectivity index (χ2n) is 5.25. The van der Waals surface area contributed by atoms with Crippen molar-refractivity contribution in [3.05, 3.63) is 65.1 Å². The van der Waals surface area contributed by atoms with Gasteiger partial charge in [0.25, 0.3) is 0 Å². The van der Waals surface area contributed by atoms with Crippen molar-refractivity contribution in [1.82, 2.24) is 0 Å². The van der Waals surface area contributed by atoms with E-state index in [1.165, 1.54) is 24.3 Å². The fourth-order valence-electron chi connectivity index (χ4n) is 2.43. The zero-order valence-electron chi connectivity index (χ0n) is 12.5. The van der Waals surface area contributed by atoms with Gasteiger partial charge >= 0.3 is 5.97 Å². The highest BCUT2D eigenvalue weighted by atomic mass is 19.1. The lowest BCUT2D eigenvalue weighted by atomic mass is 10.1. The Morgan fingerprint density at radius 1 is 1.00 bits per heavy atom. The number of nitrogens with zero attached hydrogens (tertiary/aromatic N) is 1. The SMILES string of the molecule is O=C1OC(c2ccc(F)cc2)=N/C1=C/c1ccc2c(c1)OCCO2. The fraction of sp³-hybridized carbons (Fsp3) is 0.111. The molecule has 0 aliphatic carbocycles. The van der Waals surface area contributed by atoms with Crippen LogP contribution in [0.15, 0.2) is 53.2 Å². The molecule has 2 aromatic carbocycles. The fourth-order valence-corrected chi connectivity index (χ4v) is 2.43. The van der Waals surface area contributed by atoms with Gasteiger partial charge in [-0.3, -0.25) is 0 Å². The van der Waals surface area contributed by atoms with E-state index in [9.17, 15) is 9.18 Å². The Balaban J connectivity index is 1.64. The number of carbonyl (C=O) groups is 1. The molecule has 2 aliphatic rings. The van der Waals surface area contributed by atoms with Gasteiger partial charge in [-0.2, -0.15) is 0 Å². The highest BCUT2D eigenvalue weighted by Crippen LogP contribution is 2.32. The molecule has 0 fully saturated rings. The molecule has 0 radical (unpaired) electrons. The topological polar surface area (TPSA) is 57.1 Å². The van der Waals surface area contributed by atoms with E-state index in [4.69, 9.17) is 14.2 Å². The van der Waals surface area contributed by atoms with Crippen molar-refractivity contribution in [3.63, 3.8) is 0 Å². The maximum Gasteiger partial charge on any atom is 0.363 e. The first-order chi connectivity index (χ1) is 11.7. The van der Waals surface area contributed by atoms with E-state index >= 15 is 0 Å². The predicted molar refractivity (Wildman–Crippen MR) is 84.4 cm³/mol. The van der Waals surface area contributed by atoms with E-state index < -0.39 is 5.97 Å². The van der Waals surface area contributed by atoms with Crippen molar-refractivity contribution >= 4 is 17.9 Å². The molecule has 120 valence electrons. The number of ether oxygens (including phenoxy) is 3. The van der Waals surface area contributed by atoms with Crippen molar-refractivity contribution in [2.45, 2.75) is 0 Å². The Bertz CT molecular complexity index is 871. The molecule has 0 saturated carbocycles. The molecule has 0 amide bonds. The third-order valence-electron chi connectivity index (χ3n) is 3.58. The van der Waals surface area contributed by atoms with Crippen LogP contribution < -0.4 is 9.47 Å². The summed E-state index contributed by atoms with van der Waals surface area (Å²) in [6.45, 7) is 1.01. The van der Waals surface area contributed by atoms with E-state index in [0.29, 0.717) is 30.3 Å². The second kappa shape index (κ2) is 5.81. The molecule has 2 heterocycles. The number of halogens is 1. The van der Waals surface area contributed by atoms with Crippen molar-refractivity contribution in [3.8, 4) is 11.5 Å². The number of aliphatic imine (C=N–C) groups is 1. The van der Waals surface area contributed by atoms with Crippen LogP contribution in [0.25, 0.3) is 6.08 Å². The first-order valence-electron chi connectivity index (χ1n) is 7.37. The summed E-state index contributed by atoms with van der Waals surface area (Å²) >= 11 is 0. The van der Waals surface area contributed by atoms with Crippen LogP contribution in [-0.2, 0) is 9.53 Å². The Morgan fingerprint density at radius 2 is 1.75 bits per heavy atom. The van der Waals surface area contributed by atoms with Crippen LogP contribution in [0, 0.1) is 5.82 Å². The number of carbonyl (C=O) groups excluding carboxylic acids is 1. The Kier molecular flexibility index (Phi) is 3.49. The van der Waals surface area contributed by atoms with E-state index in [1.807, 2.05) is 0 Å². The van der Waals surface area contributed by atoms with E-state index in [1.54, 1.807) is 24.3 Å². The van der Waals surface area contributed by atoms with Crippen molar-refractivity contribution in [2.75, 3.05) is 13.2 Å². The Hall–Kier alpha value is -3.15. The minimum Gasteiger partial charge on any atom is -0.486 e. The molecule has 2 aliphatic heterocycles. The summed E-state index contributed by atoms with van der Waals surface area (Å²) in [5.41, 5.74) is 1.46. The smallest absolute Gasteiger partial charge is 0.363 e. The highest BCUT2D eigenvalue weighted by molar-refractivity contribution is 6.12. The molecular weight excluding hydrogens is 313 g/mol. The minimum atomic E-state index is -0.552. The summed E-state index contributed by atoms with van der Waals surface area (Å²) in [6.07, 6.45) is 1.61. The summed E-state index contributed by atoms with van der Waals surface area (Å²) in [5, 5.41) is 0. The van der Waals surface area contributed by atoms with Crippen LogP contribution in [0.1, 0.15) is 11.1 Å². The Labute approximate surface area is 137 Å². The van der Waals surface area contributed by atoms with Crippen LogP contribution >= 0.6 is 0 Å². The third-order valence-corrected chi connectivity index (χ3v) is 3.58. The highest BCUT2D eigenvalue weighted by Gasteiger charge is 2.24. The van der Waals surface area contributed by atoms with Gasteiger partial charge in [-0.1, -0.05) is 6.07 Å². The molecule has 0 unspecified atom stereocenters. The van der Waals surface area contributed by atoms with Crippen LogP contribution in [0.4, 0.5) is 4.39 Å². The first kappa shape index (κ1) is 14.4. The maximum atomic E-state index is 13.0. The molecule has 5 nitrogen and oxygen atoms in total. The lowest BCUT2D eigenvalue weighted by molar-refractivity contribution is -0.129. The average Bonchev–Trinajstić information content (AvgIpc) is 2.96. The average molecular weight is 325 g/mol. The van der Waals surface area contributed by atoms with Gasteiger partial charge in [0.1, 0.15) is 19.0 Å². The number of benzene rings is 2. The number of cyclic esters (lactones) is 1. The summed E-state index contributed by atoms with van der Waals surface area (Å²) < 4.78 is 29.1. The van der Waals surface area contributed by atoms with Gasteiger partial charge in [0, 0.05) is 5.56 Å². The molecule has 0 aromatic heterocycles. The third kappa shape index (κ3) is 2.74. The zero-order chi connectivity index (χ0) is 16.5. The summed E-state index contributed by atoms with van der Waals surface area (Å²) in [6, 6.07) is 11.0. The van der Waals surface area contributed by atoms with Crippen molar-refractivity contribution < 1.29 is 23.4 Å². The standard InChI is InChI=1S/C18H12FNO4/c19-13-4-2-12(3-5-13)17-20-14(18(21)24-17)9-11-1-6-15-16(10-11)23-8-7-22-15/h1-6,9-10H,7-8H2/b14-9+. The van der Waals surface area contributed by atoms with Gasteiger partial charge in [-0.15, -0.1) is 0 Å². The number of esters is 1. The molecular formula is C18H12FNO4.